The van der Waals surface area contributed by atoms with Crippen molar-refractivity contribution in [3.63, 3.8) is 0 Å². The Morgan fingerprint density at radius 3 is 2.64 bits per heavy atom. The summed E-state index contributed by atoms with van der Waals surface area (Å²) in [6, 6.07) is 7.66. The standard InChI is InChI=1S/C17H25NO3.ClH/c1-14-6-3-4-11-18(14)12-5-13-21-17(19)15-7-9-16(20-2)10-8-15;/h7-10,14H,3-6,11-13H2,1-2H3;1H. The maximum absolute atomic E-state index is 11.9. The molecule has 1 aromatic rings. The molecule has 1 saturated heterocycles. The van der Waals surface area contributed by atoms with Gasteiger partial charge in [-0.15, -0.1) is 12.4 Å². The van der Waals surface area contributed by atoms with Gasteiger partial charge in [0, 0.05) is 12.6 Å². The summed E-state index contributed by atoms with van der Waals surface area (Å²) in [6.07, 6.45) is 4.80. The Morgan fingerprint density at radius 1 is 1.27 bits per heavy atom. The van der Waals surface area contributed by atoms with Crippen LogP contribution < -0.4 is 4.74 Å². The third-order valence-electron chi connectivity index (χ3n) is 4.09. The molecule has 0 amide bonds. The minimum atomic E-state index is -0.260. The van der Waals surface area contributed by atoms with Crippen LogP contribution in [0.3, 0.4) is 0 Å². The Balaban J connectivity index is 0.00000242. The highest BCUT2D eigenvalue weighted by molar-refractivity contribution is 5.89. The fourth-order valence-electron chi connectivity index (χ4n) is 2.73. The van der Waals surface area contributed by atoms with E-state index in [9.17, 15) is 4.79 Å². The van der Waals surface area contributed by atoms with Gasteiger partial charge in [0.2, 0.25) is 0 Å². The Labute approximate surface area is 139 Å². The second-order valence-corrected chi connectivity index (χ2v) is 5.60. The molecule has 0 spiro atoms. The van der Waals surface area contributed by atoms with Crippen LogP contribution >= 0.6 is 12.4 Å². The lowest BCUT2D eigenvalue weighted by molar-refractivity contribution is 0.0475. The molecule has 1 aromatic carbocycles. The zero-order valence-corrected chi connectivity index (χ0v) is 14.2. The van der Waals surface area contributed by atoms with Crippen LogP contribution in [0.5, 0.6) is 5.75 Å². The van der Waals surface area contributed by atoms with Crippen LogP contribution in [0.4, 0.5) is 0 Å². The monoisotopic (exact) mass is 327 g/mol. The van der Waals surface area contributed by atoms with E-state index in [1.807, 2.05) is 0 Å². The number of hydrogen-bond acceptors (Lipinski definition) is 4. The highest BCUT2D eigenvalue weighted by Crippen LogP contribution is 2.16. The summed E-state index contributed by atoms with van der Waals surface area (Å²) in [7, 11) is 1.61. The molecule has 2 rings (SSSR count). The molecule has 4 nitrogen and oxygen atoms in total. The van der Waals surface area contributed by atoms with Crippen molar-refractivity contribution in [2.24, 2.45) is 0 Å². The fourth-order valence-corrected chi connectivity index (χ4v) is 2.73. The summed E-state index contributed by atoms with van der Waals surface area (Å²) in [4.78, 5) is 14.4. The van der Waals surface area contributed by atoms with Crippen LogP contribution in [0.1, 0.15) is 43.0 Å². The van der Waals surface area contributed by atoms with Crippen molar-refractivity contribution in [1.29, 1.82) is 0 Å². The van der Waals surface area contributed by atoms with Gasteiger partial charge in [0.1, 0.15) is 5.75 Å². The van der Waals surface area contributed by atoms with Crippen molar-refractivity contribution in [2.75, 3.05) is 26.8 Å². The topological polar surface area (TPSA) is 38.8 Å². The summed E-state index contributed by atoms with van der Waals surface area (Å²) >= 11 is 0. The molecule has 5 heteroatoms. The van der Waals surface area contributed by atoms with Crippen LogP contribution in [0.2, 0.25) is 0 Å². The molecule has 0 aliphatic carbocycles. The van der Waals surface area contributed by atoms with Crippen molar-refractivity contribution in [1.82, 2.24) is 4.90 Å². The molecule has 0 N–H and O–H groups in total. The fraction of sp³-hybridized carbons (Fsp3) is 0.588. The molecular formula is C17H26ClNO3. The molecule has 0 aromatic heterocycles. The average molecular weight is 328 g/mol. The molecule has 0 saturated carbocycles. The van der Waals surface area contributed by atoms with E-state index in [4.69, 9.17) is 9.47 Å². The van der Waals surface area contributed by atoms with Gasteiger partial charge in [0.15, 0.2) is 0 Å². The van der Waals surface area contributed by atoms with Gasteiger partial charge >= 0.3 is 5.97 Å². The summed E-state index contributed by atoms with van der Waals surface area (Å²) in [6.45, 7) is 4.95. The van der Waals surface area contributed by atoms with E-state index >= 15 is 0 Å². The SMILES string of the molecule is COc1ccc(C(=O)OCCCN2CCCCC2C)cc1.Cl. The highest BCUT2D eigenvalue weighted by Gasteiger charge is 2.17. The number of ether oxygens (including phenoxy) is 2. The Morgan fingerprint density at radius 2 is 2.00 bits per heavy atom. The molecule has 1 aliphatic heterocycles. The largest absolute Gasteiger partial charge is 0.497 e. The molecule has 124 valence electrons. The predicted octanol–water partition coefficient (Wildman–Crippen LogP) is 3.54. The van der Waals surface area contributed by atoms with E-state index in [1.165, 1.54) is 25.8 Å². The van der Waals surface area contributed by atoms with E-state index in [1.54, 1.807) is 31.4 Å². The number of esters is 1. The molecular weight excluding hydrogens is 302 g/mol. The number of nitrogens with zero attached hydrogens (tertiary/aromatic N) is 1. The first kappa shape index (κ1) is 18.8. The number of rotatable bonds is 6. The molecule has 22 heavy (non-hydrogen) atoms. The van der Waals surface area contributed by atoms with Gasteiger partial charge in [-0.1, -0.05) is 6.42 Å². The lowest BCUT2D eigenvalue weighted by Gasteiger charge is -2.33. The van der Waals surface area contributed by atoms with Crippen LogP contribution in [-0.4, -0.2) is 43.7 Å². The van der Waals surface area contributed by atoms with Gasteiger partial charge in [0.05, 0.1) is 19.3 Å². The number of hydrogen-bond donors (Lipinski definition) is 0. The molecule has 1 aliphatic rings. The average Bonchev–Trinajstić information content (AvgIpc) is 2.53. The van der Waals surface area contributed by atoms with Crippen molar-refractivity contribution in [3.8, 4) is 5.75 Å². The lowest BCUT2D eigenvalue weighted by Crippen LogP contribution is -2.38. The van der Waals surface area contributed by atoms with Crippen LogP contribution in [-0.2, 0) is 4.74 Å². The molecule has 0 bridgehead atoms. The number of piperidine rings is 1. The normalized spacial score (nSPS) is 18.4. The molecule has 0 radical (unpaired) electrons. The summed E-state index contributed by atoms with van der Waals surface area (Å²) in [5.41, 5.74) is 0.571. The van der Waals surface area contributed by atoms with Crippen LogP contribution in [0.15, 0.2) is 24.3 Å². The van der Waals surface area contributed by atoms with E-state index in [0.29, 0.717) is 18.2 Å². The summed E-state index contributed by atoms with van der Waals surface area (Å²) in [5.74, 6) is 0.481. The van der Waals surface area contributed by atoms with Crippen LogP contribution in [0.25, 0.3) is 0 Å². The zero-order valence-electron chi connectivity index (χ0n) is 13.4. The van der Waals surface area contributed by atoms with Crippen molar-refractivity contribution in [2.45, 2.75) is 38.6 Å². The third kappa shape index (κ3) is 5.50. The lowest BCUT2D eigenvalue weighted by atomic mass is 10.0. The van der Waals surface area contributed by atoms with Crippen LogP contribution in [0, 0.1) is 0 Å². The van der Waals surface area contributed by atoms with E-state index in [0.717, 1.165) is 18.7 Å². The number of likely N-dealkylation sites (tertiary alicyclic amines) is 1. The smallest absolute Gasteiger partial charge is 0.338 e. The summed E-state index contributed by atoms with van der Waals surface area (Å²) < 4.78 is 10.4. The Kier molecular flexibility index (Phi) is 8.28. The Bertz CT molecular complexity index is 450. The number of halogens is 1. The van der Waals surface area contributed by atoms with Gasteiger partial charge in [-0.25, -0.2) is 4.79 Å². The number of carbonyl (C=O) groups is 1. The van der Waals surface area contributed by atoms with Crippen molar-refractivity contribution in [3.05, 3.63) is 29.8 Å². The minimum Gasteiger partial charge on any atom is -0.497 e. The van der Waals surface area contributed by atoms with Crippen molar-refractivity contribution < 1.29 is 14.3 Å². The first-order chi connectivity index (χ1) is 10.2. The van der Waals surface area contributed by atoms with Gasteiger partial charge in [-0.3, -0.25) is 0 Å². The third-order valence-corrected chi connectivity index (χ3v) is 4.09. The second-order valence-electron chi connectivity index (χ2n) is 5.60. The quantitative estimate of drug-likeness (QED) is 0.592. The van der Waals surface area contributed by atoms with E-state index in [-0.39, 0.29) is 18.4 Å². The highest BCUT2D eigenvalue weighted by atomic mass is 35.5. The maximum Gasteiger partial charge on any atom is 0.338 e. The molecule has 1 fully saturated rings. The van der Waals surface area contributed by atoms with Gasteiger partial charge < -0.3 is 14.4 Å². The Hall–Kier alpha value is -1.26. The molecule has 1 atom stereocenters. The zero-order chi connectivity index (χ0) is 15.1. The molecule has 1 unspecified atom stereocenters. The maximum atomic E-state index is 11.9. The van der Waals surface area contributed by atoms with E-state index < -0.39 is 0 Å². The first-order valence-electron chi connectivity index (χ1n) is 7.76. The predicted molar refractivity (Wildman–Crippen MR) is 90.0 cm³/mol. The summed E-state index contributed by atoms with van der Waals surface area (Å²) in [5, 5.41) is 0. The number of benzene rings is 1. The molecule has 1 heterocycles. The number of carbonyl (C=O) groups excluding carboxylic acids is 1. The number of methoxy groups -OCH3 is 1. The van der Waals surface area contributed by atoms with Gasteiger partial charge in [-0.05, 0) is 57.0 Å². The second kappa shape index (κ2) is 9.70. The van der Waals surface area contributed by atoms with Gasteiger partial charge in [0.25, 0.3) is 0 Å². The first-order valence-corrected chi connectivity index (χ1v) is 7.76. The van der Waals surface area contributed by atoms with E-state index in [2.05, 4.69) is 11.8 Å². The minimum absolute atomic E-state index is 0. The van der Waals surface area contributed by atoms with Gasteiger partial charge in [-0.2, -0.15) is 0 Å². The van der Waals surface area contributed by atoms with Crippen molar-refractivity contribution >= 4 is 18.4 Å².